The number of halogens is 1. The van der Waals surface area contributed by atoms with Gasteiger partial charge in [-0.15, -0.1) is 11.3 Å². The van der Waals surface area contributed by atoms with E-state index in [0.717, 1.165) is 11.3 Å². The zero-order valence-corrected chi connectivity index (χ0v) is 20.8. The van der Waals surface area contributed by atoms with Gasteiger partial charge in [0.05, 0.1) is 25.5 Å². The number of ether oxygens (including phenoxy) is 3. The zero-order valence-electron chi connectivity index (χ0n) is 18.4. The van der Waals surface area contributed by atoms with Crippen LogP contribution in [-0.2, 0) is 0 Å². The smallest absolute Gasteiger partial charge is 0.257 e. The van der Waals surface area contributed by atoms with E-state index in [-0.39, 0.29) is 5.11 Å². The third-order valence-corrected chi connectivity index (χ3v) is 5.48. The monoisotopic (exact) mass is 505 g/mol. The van der Waals surface area contributed by atoms with Crippen molar-refractivity contribution >= 4 is 51.3 Å². The van der Waals surface area contributed by atoms with Crippen molar-refractivity contribution in [3.63, 3.8) is 0 Å². The lowest BCUT2D eigenvalue weighted by Gasteiger charge is -2.17. The van der Waals surface area contributed by atoms with Gasteiger partial charge < -0.3 is 19.5 Å². The molecular formula is C23H24ClN3O4S2. The molecule has 10 heteroatoms. The number of carbonyl (C=O) groups excluding carboxylic acids is 1. The number of thiocarbonyl (C=S) groups is 1. The Kier molecular flexibility index (Phi) is 8.87. The summed E-state index contributed by atoms with van der Waals surface area (Å²) in [7, 11) is 0. The SMILES string of the molecule is CCOc1cc(C(=O)NC(=S)Nc2nc(-c3ccc(Cl)cc3)cs2)cc(OCC)c1OCC. The van der Waals surface area contributed by atoms with Crippen molar-refractivity contribution in [1.29, 1.82) is 0 Å². The fourth-order valence-electron chi connectivity index (χ4n) is 2.91. The number of hydrogen-bond donors (Lipinski definition) is 2. The predicted octanol–water partition coefficient (Wildman–Crippen LogP) is 5.79. The van der Waals surface area contributed by atoms with Crippen molar-refractivity contribution in [2.24, 2.45) is 0 Å². The summed E-state index contributed by atoms with van der Waals surface area (Å²) in [6, 6.07) is 10.6. The highest BCUT2D eigenvalue weighted by Crippen LogP contribution is 2.39. The number of amides is 1. The number of benzene rings is 2. The second-order valence-electron chi connectivity index (χ2n) is 6.55. The van der Waals surface area contributed by atoms with Gasteiger partial charge in [-0.2, -0.15) is 0 Å². The van der Waals surface area contributed by atoms with Gasteiger partial charge in [0.2, 0.25) is 5.75 Å². The molecule has 0 bridgehead atoms. The van der Waals surface area contributed by atoms with Crippen LogP contribution in [0.25, 0.3) is 11.3 Å². The molecule has 1 heterocycles. The fraction of sp³-hybridized carbons (Fsp3) is 0.261. The molecule has 3 aromatic rings. The molecule has 174 valence electrons. The Labute approximate surface area is 207 Å². The number of rotatable bonds is 9. The van der Waals surface area contributed by atoms with E-state index >= 15 is 0 Å². The number of aromatic nitrogens is 1. The summed E-state index contributed by atoms with van der Waals surface area (Å²) in [6.45, 7) is 6.84. The molecule has 0 saturated carbocycles. The highest BCUT2D eigenvalue weighted by Gasteiger charge is 2.19. The average molecular weight is 506 g/mol. The van der Waals surface area contributed by atoms with Crippen molar-refractivity contribution in [2.45, 2.75) is 20.8 Å². The van der Waals surface area contributed by atoms with E-state index in [4.69, 9.17) is 38.0 Å². The Balaban J connectivity index is 1.72. The van der Waals surface area contributed by atoms with Crippen LogP contribution >= 0.6 is 35.2 Å². The molecule has 0 radical (unpaired) electrons. The predicted molar refractivity (Wildman–Crippen MR) is 136 cm³/mol. The lowest BCUT2D eigenvalue weighted by molar-refractivity contribution is 0.0976. The molecule has 0 spiro atoms. The normalized spacial score (nSPS) is 10.4. The molecule has 0 unspecified atom stereocenters. The van der Waals surface area contributed by atoms with Crippen LogP contribution in [0.3, 0.4) is 0 Å². The number of carbonyl (C=O) groups is 1. The molecule has 2 aromatic carbocycles. The van der Waals surface area contributed by atoms with E-state index in [2.05, 4.69) is 15.6 Å². The molecule has 33 heavy (non-hydrogen) atoms. The van der Waals surface area contributed by atoms with Crippen LogP contribution < -0.4 is 24.8 Å². The number of hydrogen-bond acceptors (Lipinski definition) is 7. The largest absolute Gasteiger partial charge is 0.490 e. The van der Waals surface area contributed by atoms with Gasteiger partial charge in [-0.3, -0.25) is 10.1 Å². The number of nitrogens with one attached hydrogen (secondary N) is 2. The highest BCUT2D eigenvalue weighted by atomic mass is 35.5. The van der Waals surface area contributed by atoms with Crippen molar-refractivity contribution in [2.75, 3.05) is 25.1 Å². The topological polar surface area (TPSA) is 81.7 Å². The molecule has 3 rings (SSSR count). The number of thiazole rings is 1. The third-order valence-electron chi connectivity index (χ3n) is 4.26. The first-order valence-electron chi connectivity index (χ1n) is 10.3. The van der Waals surface area contributed by atoms with Crippen molar-refractivity contribution < 1.29 is 19.0 Å². The van der Waals surface area contributed by atoms with Gasteiger partial charge in [0, 0.05) is 21.5 Å². The lowest BCUT2D eigenvalue weighted by atomic mass is 10.1. The maximum Gasteiger partial charge on any atom is 0.257 e. The van der Waals surface area contributed by atoms with E-state index in [1.54, 1.807) is 24.3 Å². The molecule has 0 saturated heterocycles. The van der Waals surface area contributed by atoms with E-state index in [1.807, 2.05) is 38.3 Å². The van der Waals surface area contributed by atoms with Crippen LogP contribution in [0.15, 0.2) is 41.8 Å². The molecule has 1 aromatic heterocycles. The number of nitrogens with zero attached hydrogens (tertiary/aromatic N) is 1. The minimum Gasteiger partial charge on any atom is -0.490 e. The average Bonchev–Trinajstić information content (AvgIpc) is 3.24. The van der Waals surface area contributed by atoms with Gasteiger partial charge in [-0.05, 0) is 57.3 Å². The van der Waals surface area contributed by atoms with Gasteiger partial charge in [-0.1, -0.05) is 23.7 Å². The van der Waals surface area contributed by atoms with Crippen molar-refractivity contribution in [1.82, 2.24) is 10.3 Å². The summed E-state index contributed by atoms with van der Waals surface area (Å²) in [5.41, 5.74) is 2.04. The fourth-order valence-corrected chi connectivity index (χ4v) is 4.01. The Morgan fingerprint density at radius 3 is 2.21 bits per heavy atom. The molecule has 1 amide bonds. The molecule has 0 fully saturated rings. The van der Waals surface area contributed by atoms with Gasteiger partial charge in [-0.25, -0.2) is 4.98 Å². The molecule has 0 aliphatic carbocycles. The van der Waals surface area contributed by atoms with Crippen molar-refractivity contribution in [3.05, 3.63) is 52.4 Å². The Morgan fingerprint density at radius 2 is 1.64 bits per heavy atom. The van der Waals surface area contributed by atoms with Crippen LogP contribution in [0.4, 0.5) is 5.13 Å². The molecule has 0 aliphatic rings. The first kappa shape index (κ1) is 24.8. The third kappa shape index (κ3) is 6.56. The zero-order chi connectivity index (χ0) is 23.8. The summed E-state index contributed by atoms with van der Waals surface area (Å²) in [5.74, 6) is 0.923. The molecule has 2 N–H and O–H groups in total. The van der Waals surface area contributed by atoms with E-state index in [1.165, 1.54) is 11.3 Å². The molecule has 7 nitrogen and oxygen atoms in total. The molecule has 0 aliphatic heterocycles. The second-order valence-corrected chi connectivity index (χ2v) is 8.26. The maximum absolute atomic E-state index is 12.9. The van der Waals surface area contributed by atoms with E-state index in [0.29, 0.717) is 52.8 Å². The Bertz CT molecular complexity index is 1090. The Morgan fingerprint density at radius 1 is 1.03 bits per heavy atom. The van der Waals surface area contributed by atoms with Crippen LogP contribution in [0.2, 0.25) is 5.02 Å². The molecule has 0 atom stereocenters. The van der Waals surface area contributed by atoms with E-state index < -0.39 is 5.91 Å². The quantitative estimate of drug-likeness (QED) is 0.356. The van der Waals surface area contributed by atoms with E-state index in [9.17, 15) is 4.79 Å². The van der Waals surface area contributed by atoms with Gasteiger partial charge >= 0.3 is 0 Å². The maximum atomic E-state index is 12.9. The van der Waals surface area contributed by atoms with Crippen LogP contribution in [0.5, 0.6) is 17.2 Å². The highest BCUT2D eigenvalue weighted by molar-refractivity contribution is 7.80. The minimum absolute atomic E-state index is 0.127. The van der Waals surface area contributed by atoms with Gasteiger partial charge in [0.15, 0.2) is 21.7 Å². The standard InChI is InChI=1S/C23H24ClN3O4S2/c1-4-29-18-11-15(12-19(30-5-2)20(18)31-6-3)21(28)26-22(32)27-23-25-17(13-33-23)14-7-9-16(24)10-8-14/h7-13H,4-6H2,1-3H3,(H2,25,26,27,28,32). The Hall–Kier alpha value is -2.88. The van der Waals surface area contributed by atoms with Crippen LogP contribution in [-0.4, -0.2) is 35.8 Å². The lowest BCUT2D eigenvalue weighted by Crippen LogP contribution is -2.34. The molecular weight excluding hydrogens is 482 g/mol. The van der Waals surface area contributed by atoms with Crippen molar-refractivity contribution in [3.8, 4) is 28.5 Å². The number of anilines is 1. The first-order chi connectivity index (χ1) is 15.9. The summed E-state index contributed by atoms with van der Waals surface area (Å²) < 4.78 is 17.0. The summed E-state index contributed by atoms with van der Waals surface area (Å²) in [5, 5.41) is 8.85. The van der Waals surface area contributed by atoms with Gasteiger partial charge in [0.1, 0.15) is 0 Å². The van der Waals surface area contributed by atoms with Crippen LogP contribution in [0.1, 0.15) is 31.1 Å². The minimum atomic E-state index is -0.410. The van der Waals surface area contributed by atoms with Crippen LogP contribution in [0, 0.1) is 0 Å². The summed E-state index contributed by atoms with van der Waals surface area (Å²) in [6.07, 6.45) is 0. The van der Waals surface area contributed by atoms with Gasteiger partial charge in [0.25, 0.3) is 5.91 Å². The summed E-state index contributed by atoms with van der Waals surface area (Å²) >= 11 is 12.6. The summed E-state index contributed by atoms with van der Waals surface area (Å²) in [4.78, 5) is 17.4. The first-order valence-corrected chi connectivity index (χ1v) is 12.0. The second kappa shape index (κ2) is 11.8.